The Hall–Kier alpha value is -1.55. The minimum atomic E-state index is -0.988. The molecule has 0 saturated carbocycles. The first-order valence-electron chi connectivity index (χ1n) is 5.38. The second-order valence-corrected chi connectivity index (χ2v) is 4.97. The van der Waals surface area contributed by atoms with E-state index in [4.69, 9.17) is 9.84 Å². The normalized spacial score (nSPS) is 10.6. The van der Waals surface area contributed by atoms with E-state index in [1.54, 1.807) is 0 Å². The Morgan fingerprint density at radius 2 is 2.22 bits per heavy atom. The zero-order chi connectivity index (χ0) is 13.7. The molecule has 0 bridgehead atoms. The number of hydrogen-bond acceptors (Lipinski definition) is 2. The number of aliphatic carboxylic acids is 1. The fourth-order valence-electron chi connectivity index (χ4n) is 1.43. The average molecular weight is 311 g/mol. The standard InChI is InChI=1S/C14H15BrO3/c1-9(2)8-18-14-10(3)6-12(15)7-11(14)4-5-13(16)17/h4-7H,1,8H2,2-3H3,(H,16,17)/b5-4+. The zero-order valence-corrected chi connectivity index (χ0v) is 12.0. The Bertz CT molecular complexity index is 504. The van der Waals surface area contributed by atoms with Crippen LogP contribution in [0.25, 0.3) is 6.08 Å². The van der Waals surface area contributed by atoms with E-state index in [0.717, 1.165) is 27.2 Å². The molecule has 1 aromatic rings. The molecule has 1 aromatic carbocycles. The molecule has 0 amide bonds. The fourth-order valence-corrected chi connectivity index (χ4v) is 2.02. The van der Waals surface area contributed by atoms with Crippen LogP contribution in [0.1, 0.15) is 18.1 Å². The van der Waals surface area contributed by atoms with Crippen LogP contribution in [0, 0.1) is 6.92 Å². The van der Waals surface area contributed by atoms with E-state index < -0.39 is 5.97 Å². The Kier molecular flexibility index (Phi) is 5.16. The van der Waals surface area contributed by atoms with Gasteiger partial charge >= 0.3 is 5.97 Å². The predicted molar refractivity (Wildman–Crippen MR) is 75.9 cm³/mol. The lowest BCUT2D eigenvalue weighted by atomic mass is 10.1. The molecule has 4 heteroatoms. The minimum absolute atomic E-state index is 0.413. The van der Waals surface area contributed by atoms with Gasteiger partial charge in [-0.05, 0) is 43.2 Å². The van der Waals surface area contributed by atoms with Crippen LogP contribution in [-0.4, -0.2) is 17.7 Å². The molecule has 0 aliphatic heterocycles. The SMILES string of the molecule is C=C(C)COc1c(C)cc(Br)cc1/C=C/C(=O)O. The van der Waals surface area contributed by atoms with Crippen LogP contribution >= 0.6 is 15.9 Å². The van der Waals surface area contributed by atoms with Gasteiger partial charge in [-0.2, -0.15) is 0 Å². The molecule has 0 radical (unpaired) electrons. The number of aryl methyl sites for hydroxylation is 1. The van der Waals surface area contributed by atoms with E-state index in [1.807, 2.05) is 26.0 Å². The fraction of sp³-hybridized carbons (Fsp3) is 0.214. The Labute approximate surface area is 115 Å². The third kappa shape index (κ3) is 4.37. The number of hydrogen-bond donors (Lipinski definition) is 1. The molecule has 3 nitrogen and oxygen atoms in total. The van der Waals surface area contributed by atoms with E-state index in [0.29, 0.717) is 12.4 Å². The van der Waals surface area contributed by atoms with E-state index in [2.05, 4.69) is 22.5 Å². The highest BCUT2D eigenvalue weighted by Crippen LogP contribution is 2.29. The molecule has 0 heterocycles. The maximum atomic E-state index is 10.6. The first-order valence-corrected chi connectivity index (χ1v) is 6.18. The van der Waals surface area contributed by atoms with Crippen molar-refractivity contribution in [2.45, 2.75) is 13.8 Å². The van der Waals surface area contributed by atoms with Crippen LogP contribution in [0.4, 0.5) is 0 Å². The summed E-state index contributed by atoms with van der Waals surface area (Å²) in [5.41, 5.74) is 2.58. The Balaban J connectivity index is 3.12. The van der Waals surface area contributed by atoms with Crippen LogP contribution < -0.4 is 4.74 Å². The van der Waals surface area contributed by atoms with Gasteiger partial charge in [0.2, 0.25) is 0 Å². The van der Waals surface area contributed by atoms with Crippen molar-refractivity contribution in [3.63, 3.8) is 0 Å². The van der Waals surface area contributed by atoms with Gasteiger partial charge in [0, 0.05) is 16.1 Å². The van der Waals surface area contributed by atoms with Crippen molar-refractivity contribution in [3.05, 3.63) is 46.0 Å². The molecule has 1 rings (SSSR count). The molecule has 0 aliphatic carbocycles. The summed E-state index contributed by atoms with van der Waals surface area (Å²) in [6.45, 7) is 7.98. The third-order valence-corrected chi connectivity index (χ3v) is 2.59. The second-order valence-electron chi connectivity index (χ2n) is 4.06. The summed E-state index contributed by atoms with van der Waals surface area (Å²) in [7, 11) is 0. The second kappa shape index (κ2) is 6.40. The molecule has 0 aromatic heterocycles. The number of carboxylic acid groups (broad SMARTS) is 1. The molecule has 0 fully saturated rings. The van der Waals surface area contributed by atoms with Crippen molar-refractivity contribution in [1.29, 1.82) is 0 Å². The average Bonchev–Trinajstić information content (AvgIpc) is 2.24. The minimum Gasteiger partial charge on any atom is -0.488 e. The lowest BCUT2D eigenvalue weighted by molar-refractivity contribution is -0.131. The number of benzene rings is 1. The molecular weight excluding hydrogens is 296 g/mol. The van der Waals surface area contributed by atoms with Crippen LogP contribution in [0.3, 0.4) is 0 Å². The maximum Gasteiger partial charge on any atom is 0.328 e. The van der Waals surface area contributed by atoms with E-state index >= 15 is 0 Å². The topological polar surface area (TPSA) is 46.5 Å². The Morgan fingerprint density at radius 3 is 2.78 bits per heavy atom. The van der Waals surface area contributed by atoms with Gasteiger partial charge in [0.15, 0.2) is 0 Å². The monoisotopic (exact) mass is 310 g/mol. The van der Waals surface area contributed by atoms with Gasteiger partial charge in [0.1, 0.15) is 12.4 Å². The lowest BCUT2D eigenvalue weighted by Gasteiger charge is -2.13. The predicted octanol–water partition coefficient (Wildman–Crippen LogP) is 3.81. The van der Waals surface area contributed by atoms with E-state index in [9.17, 15) is 4.79 Å². The molecule has 18 heavy (non-hydrogen) atoms. The summed E-state index contributed by atoms with van der Waals surface area (Å²) in [5, 5.41) is 8.67. The van der Waals surface area contributed by atoms with Gasteiger partial charge in [-0.25, -0.2) is 4.79 Å². The van der Waals surface area contributed by atoms with Crippen molar-refractivity contribution in [2.24, 2.45) is 0 Å². The maximum absolute atomic E-state index is 10.6. The van der Waals surface area contributed by atoms with E-state index in [-0.39, 0.29) is 0 Å². The van der Waals surface area contributed by atoms with Crippen LogP contribution in [0.15, 0.2) is 34.8 Å². The third-order valence-electron chi connectivity index (χ3n) is 2.14. The van der Waals surface area contributed by atoms with Crippen molar-refractivity contribution in [1.82, 2.24) is 0 Å². The number of carbonyl (C=O) groups is 1. The summed E-state index contributed by atoms with van der Waals surface area (Å²) in [4.78, 5) is 10.6. The number of rotatable bonds is 5. The lowest BCUT2D eigenvalue weighted by Crippen LogP contribution is -2.01. The van der Waals surface area contributed by atoms with Crippen molar-refractivity contribution in [2.75, 3.05) is 6.61 Å². The molecule has 0 spiro atoms. The summed E-state index contributed by atoms with van der Waals surface area (Å²) in [5.74, 6) is -0.308. The molecule has 1 N–H and O–H groups in total. The zero-order valence-electron chi connectivity index (χ0n) is 10.4. The van der Waals surface area contributed by atoms with Crippen molar-refractivity contribution < 1.29 is 14.6 Å². The highest BCUT2D eigenvalue weighted by atomic mass is 79.9. The smallest absolute Gasteiger partial charge is 0.328 e. The highest BCUT2D eigenvalue weighted by molar-refractivity contribution is 9.10. The molecule has 0 aliphatic rings. The number of halogens is 1. The molecule has 96 valence electrons. The summed E-state index contributed by atoms with van der Waals surface area (Å²) < 4.78 is 6.53. The van der Waals surface area contributed by atoms with Gasteiger partial charge in [0.05, 0.1) is 0 Å². The van der Waals surface area contributed by atoms with Crippen LogP contribution in [-0.2, 0) is 4.79 Å². The quantitative estimate of drug-likeness (QED) is 0.664. The summed E-state index contributed by atoms with van der Waals surface area (Å²) >= 11 is 3.38. The summed E-state index contributed by atoms with van der Waals surface area (Å²) in [6, 6.07) is 3.74. The van der Waals surface area contributed by atoms with Crippen molar-refractivity contribution in [3.8, 4) is 5.75 Å². The van der Waals surface area contributed by atoms with Crippen LogP contribution in [0.5, 0.6) is 5.75 Å². The largest absolute Gasteiger partial charge is 0.488 e. The number of ether oxygens (including phenoxy) is 1. The van der Waals surface area contributed by atoms with Crippen molar-refractivity contribution >= 4 is 28.0 Å². The van der Waals surface area contributed by atoms with Gasteiger partial charge < -0.3 is 9.84 Å². The first kappa shape index (κ1) is 14.5. The molecular formula is C14H15BrO3. The van der Waals surface area contributed by atoms with E-state index in [1.165, 1.54) is 6.08 Å². The molecule has 0 unspecified atom stereocenters. The first-order chi connectivity index (χ1) is 8.40. The Morgan fingerprint density at radius 1 is 1.56 bits per heavy atom. The van der Waals surface area contributed by atoms with Gasteiger partial charge in [-0.3, -0.25) is 0 Å². The summed E-state index contributed by atoms with van der Waals surface area (Å²) in [6.07, 6.45) is 2.61. The molecule has 0 saturated heterocycles. The van der Waals surface area contributed by atoms with Gasteiger partial charge in [0.25, 0.3) is 0 Å². The van der Waals surface area contributed by atoms with Gasteiger partial charge in [-0.15, -0.1) is 0 Å². The number of carboxylic acids is 1. The molecule has 0 atom stereocenters. The van der Waals surface area contributed by atoms with Crippen LogP contribution in [0.2, 0.25) is 0 Å². The highest BCUT2D eigenvalue weighted by Gasteiger charge is 2.07. The van der Waals surface area contributed by atoms with Gasteiger partial charge in [-0.1, -0.05) is 22.5 Å².